The van der Waals surface area contributed by atoms with E-state index in [-0.39, 0.29) is 11.3 Å². The van der Waals surface area contributed by atoms with E-state index in [2.05, 4.69) is 97.4 Å². The molecule has 1 fully saturated rings. The molecule has 2 aliphatic rings. The zero-order valence-corrected chi connectivity index (χ0v) is 17.2. The summed E-state index contributed by atoms with van der Waals surface area (Å²) in [5, 5.41) is 3.28. The van der Waals surface area contributed by atoms with Gasteiger partial charge in [0.2, 0.25) is 5.91 Å². The van der Waals surface area contributed by atoms with E-state index < -0.39 is 5.66 Å². The number of anilines is 2. The molecule has 0 saturated carbocycles. The lowest BCUT2D eigenvalue weighted by Crippen LogP contribution is -2.58. The number of para-hydroxylation sites is 1. The molecule has 1 N–H and O–H groups in total. The van der Waals surface area contributed by atoms with E-state index in [1.54, 1.807) is 0 Å². The van der Waals surface area contributed by atoms with Gasteiger partial charge in [0.05, 0.1) is 6.54 Å². The van der Waals surface area contributed by atoms with Gasteiger partial charge in [-0.15, -0.1) is 0 Å². The number of fused-ring (bicyclic) bond motifs is 3. The quantitative estimate of drug-likeness (QED) is 0.852. The predicted octanol–water partition coefficient (Wildman–Crippen LogP) is 4.17. The summed E-state index contributed by atoms with van der Waals surface area (Å²) in [6, 6.07) is 17.1. The number of hydrogen-bond acceptors (Lipinski definition) is 3. The van der Waals surface area contributed by atoms with Gasteiger partial charge in [-0.1, -0.05) is 50.3 Å². The molecule has 4 rings (SSSR count). The van der Waals surface area contributed by atoms with Crippen molar-refractivity contribution in [3.63, 3.8) is 0 Å². The van der Waals surface area contributed by atoms with Crippen molar-refractivity contribution in [3.8, 4) is 0 Å². The normalized spacial score (nSPS) is 22.3. The van der Waals surface area contributed by atoms with Crippen molar-refractivity contribution in [3.05, 3.63) is 65.7 Å². The molecule has 1 amide bonds. The molecule has 1 unspecified atom stereocenters. The monoisotopic (exact) mass is 375 g/mol. The Labute approximate surface area is 167 Å². The van der Waals surface area contributed by atoms with Gasteiger partial charge in [-0.25, -0.2) is 0 Å². The van der Waals surface area contributed by atoms with E-state index in [1.807, 2.05) is 6.07 Å². The van der Waals surface area contributed by atoms with Gasteiger partial charge in [0.25, 0.3) is 0 Å². The van der Waals surface area contributed by atoms with E-state index in [0.29, 0.717) is 6.54 Å². The number of amides is 1. The fourth-order valence-corrected chi connectivity index (χ4v) is 4.74. The molecule has 146 valence electrons. The summed E-state index contributed by atoms with van der Waals surface area (Å²) >= 11 is 0. The van der Waals surface area contributed by atoms with E-state index in [1.165, 1.54) is 11.3 Å². The third-order valence-corrected chi connectivity index (χ3v) is 6.42. The summed E-state index contributed by atoms with van der Waals surface area (Å²) < 4.78 is 0. The molecule has 2 aromatic carbocycles. The average molecular weight is 376 g/mol. The van der Waals surface area contributed by atoms with Gasteiger partial charge in [0.15, 0.2) is 0 Å². The molecule has 28 heavy (non-hydrogen) atoms. The molecule has 4 heteroatoms. The van der Waals surface area contributed by atoms with Crippen LogP contribution in [0.3, 0.4) is 0 Å². The SMILES string of the molecule is CCN(CC)c1ccc(C=CC23NC(=O)CN2c2ccccc2C3(C)C)cc1. The Morgan fingerprint density at radius 1 is 1.07 bits per heavy atom. The van der Waals surface area contributed by atoms with Crippen LogP contribution in [0.25, 0.3) is 6.08 Å². The first-order valence-electron chi connectivity index (χ1n) is 10.2. The molecule has 0 aromatic heterocycles. The molecular weight excluding hydrogens is 346 g/mol. The minimum atomic E-state index is -0.536. The topological polar surface area (TPSA) is 35.6 Å². The van der Waals surface area contributed by atoms with Crippen LogP contribution >= 0.6 is 0 Å². The highest BCUT2D eigenvalue weighted by Crippen LogP contribution is 2.52. The average Bonchev–Trinajstić information content (AvgIpc) is 3.13. The highest BCUT2D eigenvalue weighted by molar-refractivity contribution is 5.91. The first-order valence-corrected chi connectivity index (χ1v) is 10.2. The van der Waals surface area contributed by atoms with Crippen molar-refractivity contribution in [1.82, 2.24) is 5.32 Å². The summed E-state index contributed by atoms with van der Waals surface area (Å²) in [5.74, 6) is 0.0732. The Morgan fingerprint density at radius 2 is 1.75 bits per heavy atom. The number of carbonyl (C=O) groups is 1. The van der Waals surface area contributed by atoms with Crippen LogP contribution in [0.1, 0.15) is 38.8 Å². The number of nitrogens with one attached hydrogen (secondary N) is 1. The van der Waals surface area contributed by atoms with E-state index in [0.717, 1.165) is 24.3 Å². The second kappa shape index (κ2) is 6.69. The molecule has 0 radical (unpaired) electrons. The lowest BCUT2D eigenvalue weighted by Gasteiger charge is -2.40. The Bertz CT molecular complexity index is 912. The largest absolute Gasteiger partial charge is 0.372 e. The Morgan fingerprint density at radius 3 is 2.43 bits per heavy atom. The van der Waals surface area contributed by atoms with Crippen LogP contribution in [0.5, 0.6) is 0 Å². The van der Waals surface area contributed by atoms with Crippen LogP contribution in [-0.4, -0.2) is 31.2 Å². The molecular formula is C24H29N3O. The number of nitrogens with zero attached hydrogens (tertiary/aromatic N) is 2. The van der Waals surface area contributed by atoms with Crippen molar-refractivity contribution in [1.29, 1.82) is 0 Å². The van der Waals surface area contributed by atoms with Crippen LogP contribution < -0.4 is 15.1 Å². The second-order valence-electron chi connectivity index (χ2n) is 8.14. The molecule has 2 aromatic rings. The minimum Gasteiger partial charge on any atom is -0.372 e. The summed E-state index contributed by atoms with van der Waals surface area (Å²) in [6.45, 7) is 11.2. The maximum absolute atomic E-state index is 12.4. The van der Waals surface area contributed by atoms with Gasteiger partial charge in [-0.05, 0) is 49.2 Å². The van der Waals surface area contributed by atoms with Crippen LogP contribution in [0.15, 0.2) is 54.6 Å². The van der Waals surface area contributed by atoms with E-state index >= 15 is 0 Å². The van der Waals surface area contributed by atoms with Gasteiger partial charge in [0.1, 0.15) is 5.66 Å². The Kier molecular flexibility index (Phi) is 4.45. The van der Waals surface area contributed by atoms with Crippen molar-refractivity contribution in [2.24, 2.45) is 0 Å². The molecule has 4 nitrogen and oxygen atoms in total. The number of hydrogen-bond donors (Lipinski definition) is 1. The van der Waals surface area contributed by atoms with Gasteiger partial charge in [-0.2, -0.15) is 0 Å². The number of carbonyl (C=O) groups excluding carboxylic acids is 1. The fourth-order valence-electron chi connectivity index (χ4n) is 4.74. The number of benzene rings is 2. The van der Waals surface area contributed by atoms with Gasteiger partial charge in [0, 0.05) is 29.9 Å². The summed E-state index contributed by atoms with van der Waals surface area (Å²) in [5.41, 5.74) is 4.03. The van der Waals surface area contributed by atoms with Crippen LogP contribution in [0, 0.1) is 0 Å². The third kappa shape index (κ3) is 2.62. The maximum atomic E-state index is 12.4. The van der Waals surface area contributed by atoms with Crippen LogP contribution in [0.4, 0.5) is 11.4 Å². The van der Waals surface area contributed by atoms with Crippen LogP contribution in [0.2, 0.25) is 0 Å². The molecule has 0 spiro atoms. The standard InChI is InChI=1S/C24H29N3O/c1-5-26(6-2)19-13-11-18(12-14-19)15-16-24-23(3,4)20-9-7-8-10-21(20)27(24)17-22(28)25-24/h7-16H,5-6,17H2,1-4H3,(H,25,28). The molecule has 2 heterocycles. The Hall–Kier alpha value is -2.75. The molecule has 0 bridgehead atoms. The Balaban J connectivity index is 1.69. The zero-order chi connectivity index (χ0) is 19.9. The molecule has 1 saturated heterocycles. The predicted molar refractivity (Wildman–Crippen MR) is 117 cm³/mol. The van der Waals surface area contributed by atoms with Crippen molar-refractivity contribution < 1.29 is 4.79 Å². The minimum absolute atomic E-state index is 0.0732. The lowest BCUT2D eigenvalue weighted by atomic mass is 9.75. The lowest BCUT2D eigenvalue weighted by molar-refractivity contribution is -0.118. The first kappa shape index (κ1) is 18.6. The number of rotatable bonds is 5. The third-order valence-electron chi connectivity index (χ3n) is 6.42. The highest BCUT2D eigenvalue weighted by Gasteiger charge is 2.59. The molecule has 0 aliphatic carbocycles. The fraction of sp³-hybridized carbons (Fsp3) is 0.375. The summed E-state index contributed by atoms with van der Waals surface area (Å²) in [7, 11) is 0. The summed E-state index contributed by atoms with van der Waals surface area (Å²) in [4.78, 5) is 16.9. The highest BCUT2D eigenvalue weighted by atomic mass is 16.2. The van der Waals surface area contributed by atoms with Crippen molar-refractivity contribution in [2.75, 3.05) is 29.4 Å². The molecule has 2 aliphatic heterocycles. The van der Waals surface area contributed by atoms with Gasteiger partial charge < -0.3 is 15.1 Å². The molecule has 1 atom stereocenters. The van der Waals surface area contributed by atoms with Gasteiger partial charge in [-0.3, -0.25) is 4.79 Å². The first-order chi connectivity index (χ1) is 13.4. The van der Waals surface area contributed by atoms with E-state index in [4.69, 9.17) is 0 Å². The van der Waals surface area contributed by atoms with Crippen molar-refractivity contribution >= 4 is 23.4 Å². The smallest absolute Gasteiger partial charge is 0.241 e. The second-order valence-corrected chi connectivity index (χ2v) is 8.14. The summed E-state index contributed by atoms with van der Waals surface area (Å²) in [6.07, 6.45) is 4.31. The van der Waals surface area contributed by atoms with Gasteiger partial charge >= 0.3 is 0 Å². The van der Waals surface area contributed by atoms with Crippen LogP contribution in [-0.2, 0) is 10.2 Å². The van der Waals surface area contributed by atoms with Crippen molar-refractivity contribution in [2.45, 2.75) is 38.8 Å². The maximum Gasteiger partial charge on any atom is 0.241 e. The zero-order valence-electron chi connectivity index (χ0n) is 17.2. The van der Waals surface area contributed by atoms with E-state index in [9.17, 15) is 4.79 Å².